The highest BCUT2D eigenvalue weighted by atomic mass is 19.1. The summed E-state index contributed by atoms with van der Waals surface area (Å²) in [5.74, 6) is -3.16. The normalized spacial score (nSPS) is 31.1. The van der Waals surface area contributed by atoms with Crippen LogP contribution in [0.4, 0.5) is 4.39 Å². The zero-order chi connectivity index (χ0) is 26.8. The Balaban J connectivity index is 1.53. The van der Waals surface area contributed by atoms with Gasteiger partial charge in [0.2, 0.25) is 23.6 Å². The largest absolute Gasteiger partial charge is 0.368 e. The molecule has 2 saturated heterocycles. The van der Waals surface area contributed by atoms with Gasteiger partial charge in [0.1, 0.15) is 18.1 Å². The zero-order valence-corrected chi connectivity index (χ0v) is 21.7. The molecule has 0 aromatic heterocycles. The molecule has 6 atom stereocenters. The van der Waals surface area contributed by atoms with E-state index >= 15 is 0 Å². The summed E-state index contributed by atoms with van der Waals surface area (Å²) in [5, 5.41) is 8.01. The Morgan fingerprint density at radius 3 is 2.33 bits per heavy atom. The van der Waals surface area contributed by atoms with Gasteiger partial charge in [-0.05, 0) is 48.3 Å². The number of hydrogen-bond donors (Lipinski definition) is 4. The van der Waals surface area contributed by atoms with Crippen LogP contribution in [-0.4, -0.2) is 71.3 Å². The predicted octanol–water partition coefficient (Wildman–Crippen LogP) is -0.00130. The van der Waals surface area contributed by atoms with Crippen molar-refractivity contribution in [3.63, 3.8) is 0 Å². The number of nitrogens with one attached hydrogen (secondary N) is 3. The topological polar surface area (TPSA) is 151 Å². The van der Waals surface area contributed by atoms with Crippen LogP contribution in [0.25, 0.3) is 0 Å². The Bertz CT molecular complexity index is 988. The summed E-state index contributed by atoms with van der Waals surface area (Å²) in [6.45, 7) is 10.2. The van der Waals surface area contributed by atoms with Gasteiger partial charge in [0.05, 0.1) is 0 Å². The number of carbonyl (C=O) groups excluding carboxylic acids is 5. The molecule has 1 unspecified atom stereocenters. The molecule has 0 radical (unpaired) electrons. The number of primary amides is 1. The number of amides is 5. The van der Waals surface area contributed by atoms with Gasteiger partial charge < -0.3 is 26.6 Å². The van der Waals surface area contributed by atoms with Crippen LogP contribution < -0.4 is 21.7 Å². The maximum atomic E-state index is 14.4. The van der Waals surface area contributed by atoms with Gasteiger partial charge in [0.15, 0.2) is 5.67 Å². The lowest BCUT2D eigenvalue weighted by atomic mass is 9.85. The molecule has 0 spiro atoms. The van der Waals surface area contributed by atoms with Gasteiger partial charge in [-0.25, -0.2) is 4.39 Å². The van der Waals surface area contributed by atoms with E-state index in [4.69, 9.17) is 5.73 Å². The monoisotopic (exact) mass is 507 g/mol. The molecular formula is C25H38FN5O5. The van der Waals surface area contributed by atoms with Crippen molar-refractivity contribution in [2.45, 2.75) is 84.1 Å². The van der Waals surface area contributed by atoms with E-state index in [1.165, 1.54) is 4.90 Å². The fourth-order valence-electron chi connectivity index (χ4n) is 5.88. The van der Waals surface area contributed by atoms with Crippen LogP contribution in [-0.2, 0) is 24.0 Å². The van der Waals surface area contributed by atoms with Crippen molar-refractivity contribution in [3.8, 4) is 0 Å². The molecule has 2 saturated carbocycles. The van der Waals surface area contributed by atoms with Crippen molar-refractivity contribution in [2.24, 2.45) is 34.3 Å². The molecule has 0 aromatic carbocycles. The lowest BCUT2D eigenvalue weighted by Gasteiger charge is -2.38. The number of likely N-dealkylation sites (tertiary alicyclic amines) is 1. The summed E-state index contributed by atoms with van der Waals surface area (Å²) < 4.78 is 14.4. The summed E-state index contributed by atoms with van der Waals surface area (Å²) in [5.41, 5.74) is 2.72. The molecule has 2 heterocycles. The number of piperidine rings is 1. The van der Waals surface area contributed by atoms with Crippen molar-refractivity contribution >= 4 is 29.5 Å². The highest BCUT2D eigenvalue weighted by Gasteiger charge is 2.70. The minimum absolute atomic E-state index is 0.0807. The van der Waals surface area contributed by atoms with Gasteiger partial charge in [-0.15, -0.1) is 0 Å². The van der Waals surface area contributed by atoms with Gasteiger partial charge in [0.25, 0.3) is 5.91 Å². The quantitative estimate of drug-likeness (QED) is 0.365. The Morgan fingerprint density at radius 2 is 1.83 bits per heavy atom. The van der Waals surface area contributed by atoms with Gasteiger partial charge in [-0.1, -0.05) is 34.6 Å². The van der Waals surface area contributed by atoms with Crippen LogP contribution in [0.5, 0.6) is 0 Å². The van der Waals surface area contributed by atoms with Gasteiger partial charge >= 0.3 is 0 Å². The van der Waals surface area contributed by atoms with Crippen LogP contribution in [0, 0.1) is 28.6 Å². The number of alkyl halides is 1. The molecule has 11 heteroatoms. The first-order valence-electron chi connectivity index (χ1n) is 12.8. The van der Waals surface area contributed by atoms with E-state index < -0.39 is 58.8 Å². The lowest BCUT2D eigenvalue weighted by molar-refractivity contribution is -0.146. The first-order chi connectivity index (χ1) is 16.6. The van der Waals surface area contributed by atoms with Crippen molar-refractivity contribution < 1.29 is 28.4 Å². The van der Waals surface area contributed by atoms with E-state index in [-0.39, 0.29) is 42.4 Å². The Labute approximate surface area is 210 Å². The Kier molecular flexibility index (Phi) is 6.36. The Morgan fingerprint density at radius 1 is 1.19 bits per heavy atom. The second-order valence-corrected chi connectivity index (χ2v) is 12.6. The molecule has 2 aliphatic carbocycles. The Hall–Kier alpha value is -2.72. The molecule has 0 bridgehead atoms. The van der Waals surface area contributed by atoms with Crippen molar-refractivity contribution in [2.75, 3.05) is 13.1 Å². The SMILES string of the molecule is CC(C)(C)C(NC(=O)C1(F)CC1)C(=O)N1C[C@H]2[C@@H]([C@H]1C(=O)N[C@@H](C[C@@H]1CCNC1=O)C(N)=O)C2(C)C. The number of nitrogens with two attached hydrogens (primary N) is 1. The highest BCUT2D eigenvalue weighted by molar-refractivity contribution is 5.97. The fourth-order valence-corrected chi connectivity index (χ4v) is 5.88. The maximum absolute atomic E-state index is 14.4. The summed E-state index contributed by atoms with van der Waals surface area (Å²) in [4.78, 5) is 65.4. The van der Waals surface area contributed by atoms with Crippen LogP contribution in [0.3, 0.4) is 0 Å². The average molecular weight is 508 g/mol. The van der Waals surface area contributed by atoms with E-state index in [2.05, 4.69) is 16.0 Å². The van der Waals surface area contributed by atoms with Crippen LogP contribution >= 0.6 is 0 Å². The average Bonchev–Trinajstić information content (AvgIpc) is 3.45. The first-order valence-corrected chi connectivity index (χ1v) is 12.8. The molecular weight excluding hydrogens is 469 g/mol. The van der Waals surface area contributed by atoms with Gasteiger partial charge in [0, 0.05) is 19.0 Å². The molecule has 4 fully saturated rings. The minimum atomic E-state index is -1.93. The third-order valence-corrected chi connectivity index (χ3v) is 8.59. The number of carbonyl (C=O) groups is 5. The molecule has 2 aliphatic heterocycles. The third kappa shape index (κ3) is 4.68. The van der Waals surface area contributed by atoms with Crippen molar-refractivity contribution in [1.29, 1.82) is 0 Å². The summed E-state index contributed by atoms with van der Waals surface area (Å²) in [7, 11) is 0. The number of hydrogen-bond acceptors (Lipinski definition) is 5. The van der Waals surface area contributed by atoms with Crippen LogP contribution in [0.1, 0.15) is 60.3 Å². The molecule has 4 aliphatic rings. The van der Waals surface area contributed by atoms with E-state index in [0.717, 1.165) is 0 Å². The van der Waals surface area contributed by atoms with E-state index in [9.17, 15) is 28.4 Å². The third-order valence-electron chi connectivity index (χ3n) is 8.59. The number of halogens is 1. The molecule has 10 nitrogen and oxygen atoms in total. The molecule has 0 aromatic rings. The van der Waals surface area contributed by atoms with Gasteiger partial charge in [-0.3, -0.25) is 24.0 Å². The summed E-state index contributed by atoms with van der Waals surface area (Å²) in [6.07, 6.45) is 0.895. The second-order valence-electron chi connectivity index (χ2n) is 12.6. The van der Waals surface area contributed by atoms with Crippen LogP contribution in [0.15, 0.2) is 0 Å². The van der Waals surface area contributed by atoms with Crippen molar-refractivity contribution in [1.82, 2.24) is 20.9 Å². The number of fused-ring (bicyclic) bond motifs is 1. The van der Waals surface area contributed by atoms with Gasteiger partial charge in [-0.2, -0.15) is 0 Å². The predicted molar refractivity (Wildman–Crippen MR) is 128 cm³/mol. The highest BCUT2D eigenvalue weighted by Crippen LogP contribution is 2.65. The van der Waals surface area contributed by atoms with E-state index in [1.54, 1.807) is 20.8 Å². The minimum Gasteiger partial charge on any atom is -0.368 e. The number of rotatable bonds is 8. The van der Waals surface area contributed by atoms with Crippen LogP contribution in [0.2, 0.25) is 0 Å². The van der Waals surface area contributed by atoms with E-state index in [1.807, 2.05) is 13.8 Å². The molecule has 5 N–H and O–H groups in total. The lowest BCUT2D eigenvalue weighted by Crippen LogP contribution is -2.61. The smallest absolute Gasteiger partial charge is 0.258 e. The fraction of sp³-hybridized carbons (Fsp3) is 0.800. The zero-order valence-electron chi connectivity index (χ0n) is 21.7. The molecule has 36 heavy (non-hydrogen) atoms. The molecule has 5 amide bonds. The summed E-state index contributed by atoms with van der Waals surface area (Å²) >= 11 is 0. The van der Waals surface area contributed by atoms with Crippen molar-refractivity contribution in [3.05, 3.63) is 0 Å². The standard InChI is InChI=1S/C25H38FN5O5/c1-23(2,3)17(30-22(36)25(26)7-8-25)21(35)31-11-13-15(24(13,4)5)16(31)20(34)29-14(18(27)32)10-12-6-9-28-19(12)33/h12-17H,6-11H2,1-5H3,(H2,27,32)(H,28,33)(H,29,34)(H,30,36)/t12-,13-,14-,15-,16-,17?/m0/s1. The second kappa shape index (κ2) is 8.69. The van der Waals surface area contributed by atoms with E-state index in [0.29, 0.717) is 19.5 Å². The molecule has 4 rings (SSSR count). The molecule has 200 valence electrons. The first kappa shape index (κ1) is 26.3. The summed E-state index contributed by atoms with van der Waals surface area (Å²) in [6, 6.07) is -2.94. The maximum Gasteiger partial charge on any atom is 0.258 e. The number of nitrogens with zero attached hydrogens (tertiary/aromatic N) is 1.